The SMILES string of the molecule is C[C@H](c1ccc(Br)cc1)N1C[C@@]23C=C[C@@H](O2)[C@@H](C(=O)OCc2ccccc2)[C@@H]3C1=O. The van der Waals surface area contributed by atoms with Crippen LogP contribution in [0, 0.1) is 11.8 Å². The Hall–Kier alpha value is -2.44. The third-order valence-electron chi connectivity index (χ3n) is 6.45. The molecule has 0 aromatic heterocycles. The summed E-state index contributed by atoms with van der Waals surface area (Å²) < 4.78 is 12.8. The Morgan fingerprint density at radius 3 is 2.70 bits per heavy atom. The van der Waals surface area contributed by atoms with Crippen molar-refractivity contribution >= 4 is 27.8 Å². The van der Waals surface area contributed by atoms with Gasteiger partial charge in [-0.1, -0.05) is 70.5 Å². The highest BCUT2D eigenvalue weighted by molar-refractivity contribution is 9.10. The number of halogens is 1. The van der Waals surface area contributed by atoms with Gasteiger partial charge in [0.15, 0.2) is 0 Å². The number of esters is 1. The van der Waals surface area contributed by atoms with Gasteiger partial charge >= 0.3 is 5.97 Å². The molecule has 5 rings (SSSR count). The molecule has 30 heavy (non-hydrogen) atoms. The fraction of sp³-hybridized carbons (Fsp3) is 0.333. The molecule has 3 aliphatic heterocycles. The Morgan fingerprint density at radius 1 is 1.23 bits per heavy atom. The first-order chi connectivity index (χ1) is 14.5. The summed E-state index contributed by atoms with van der Waals surface area (Å²) >= 11 is 3.45. The molecule has 6 heteroatoms. The van der Waals surface area contributed by atoms with E-state index in [9.17, 15) is 9.59 Å². The smallest absolute Gasteiger partial charge is 0.313 e. The Morgan fingerprint density at radius 2 is 1.97 bits per heavy atom. The van der Waals surface area contributed by atoms with E-state index in [0.29, 0.717) is 6.54 Å². The van der Waals surface area contributed by atoms with Crippen molar-refractivity contribution in [3.8, 4) is 0 Å². The fourth-order valence-corrected chi connectivity index (χ4v) is 5.14. The van der Waals surface area contributed by atoms with Crippen LogP contribution in [0.2, 0.25) is 0 Å². The Balaban J connectivity index is 1.35. The number of ether oxygens (including phenoxy) is 2. The second kappa shape index (κ2) is 7.36. The molecule has 0 unspecified atom stereocenters. The highest BCUT2D eigenvalue weighted by atomic mass is 79.9. The van der Waals surface area contributed by atoms with Crippen molar-refractivity contribution in [2.75, 3.05) is 6.54 Å². The van der Waals surface area contributed by atoms with E-state index in [2.05, 4.69) is 15.9 Å². The average molecular weight is 468 g/mol. The second-order valence-corrected chi connectivity index (χ2v) is 9.10. The Labute approximate surface area is 183 Å². The van der Waals surface area contributed by atoms with Crippen LogP contribution in [-0.2, 0) is 25.7 Å². The zero-order valence-corrected chi connectivity index (χ0v) is 18.1. The quantitative estimate of drug-likeness (QED) is 0.491. The molecule has 2 aromatic carbocycles. The fourth-order valence-electron chi connectivity index (χ4n) is 4.87. The first-order valence-corrected chi connectivity index (χ1v) is 10.9. The minimum atomic E-state index is -0.734. The lowest BCUT2D eigenvalue weighted by atomic mass is 9.77. The van der Waals surface area contributed by atoms with E-state index in [-0.39, 0.29) is 24.5 Å². The van der Waals surface area contributed by atoms with Crippen LogP contribution < -0.4 is 0 Å². The number of fused-ring (bicyclic) bond motifs is 1. The van der Waals surface area contributed by atoms with Crippen molar-refractivity contribution in [1.29, 1.82) is 0 Å². The van der Waals surface area contributed by atoms with Gasteiger partial charge in [0, 0.05) is 4.47 Å². The van der Waals surface area contributed by atoms with Gasteiger partial charge in [0.25, 0.3) is 0 Å². The molecule has 2 fully saturated rings. The van der Waals surface area contributed by atoms with Crippen LogP contribution in [-0.4, -0.2) is 35.0 Å². The van der Waals surface area contributed by atoms with Crippen LogP contribution in [0.1, 0.15) is 24.1 Å². The van der Waals surface area contributed by atoms with Crippen molar-refractivity contribution in [3.05, 3.63) is 82.3 Å². The molecule has 0 aliphatic carbocycles. The minimum absolute atomic E-state index is 0.0427. The minimum Gasteiger partial charge on any atom is -0.460 e. The number of carbonyl (C=O) groups is 2. The lowest BCUT2D eigenvalue weighted by Gasteiger charge is -2.27. The van der Waals surface area contributed by atoms with Crippen molar-refractivity contribution in [1.82, 2.24) is 4.90 Å². The maximum atomic E-state index is 13.4. The van der Waals surface area contributed by atoms with Crippen molar-refractivity contribution in [2.24, 2.45) is 11.8 Å². The summed E-state index contributed by atoms with van der Waals surface area (Å²) in [5, 5.41) is 0. The predicted molar refractivity (Wildman–Crippen MR) is 114 cm³/mol. The molecule has 1 spiro atoms. The molecule has 0 N–H and O–H groups in total. The van der Waals surface area contributed by atoms with E-state index in [0.717, 1.165) is 15.6 Å². The standard InChI is InChI=1S/C24H22BrNO4/c1-15(17-7-9-18(25)10-8-17)26-14-24-12-11-19(30-24)20(21(24)22(26)27)23(28)29-13-16-5-3-2-4-6-16/h2-12,15,19-21H,13-14H2,1H3/t15-,19-,20-,21-,24-/m1/s1. The molecule has 2 bridgehead atoms. The van der Waals surface area contributed by atoms with Crippen molar-refractivity contribution in [2.45, 2.75) is 31.3 Å². The first kappa shape index (κ1) is 19.5. The van der Waals surface area contributed by atoms with Crippen LogP contribution in [0.5, 0.6) is 0 Å². The largest absolute Gasteiger partial charge is 0.460 e. The summed E-state index contributed by atoms with van der Waals surface area (Å²) in [6.45, 7) is 2.65. The van der Waals surface area contributed by atoms with Gasteiger partial charge < -0.3 is 14.4 Å². The van der Waals surface area contributed by atoms with Crippen LogP contribution in [0.25, 0.3) is 0 Å². The number of hydrogen-bond donors (Lipinski definition) is 0. The molecule has 2 saturated heterocycles. The van der Waals surface area contributed by atoms with Gasteiger partial charge in [-0.15, -0.1) is 0 Å². The summed E-state index contributed by atoms with van der Waals surface area (Å²) in [4.78, 5) is 28.2. The molecule has 3 heterocycles. The van der Waals surface area contributed by atoms with Gasteiger partial charge in [0.1, 0.15) is 18.1 Å². The number of benzene rings is 2. The lowest BCUT2D eigenvalue weighted by Crippen LogP contribution is -2.40. The van der Waals surface area contributed by atoms with E-state index >= 15 is 0 Å². The first-order valence-electron chi connectivity index (χ1n) is 10.1. The maximum Gasteiger partial charge on any atom is 0.313 e. The summed E-state index contributed by atoms with van der Waals surface area (Å²) in [6.07, 6.45) is 3.48. The Bertz CT molecular complexity index is 1010. The van der Waals surface area contributed by atoms with Gasteiger partial charge in [-0.05, 0) is 30.2 Å². The van der Waals surface area contributed by atoms with E-state index in [1.165, 1.54) is 0 Å². The molecule has 0 saturated carbocycles. The zero-order valence-electron chi connectivity index (χ0n) is 16.5. The van der Waals surface area contributed by atoms with Gasteiger partial charge in [-0.3, -0.25) is 9.59 Å². The summed E-state index contributed by atoms with van der Waals surface area (Å²) in [5.41, 5.74) is 1.23. The van der Waals surface area contributed by atoms with Crippen LogP contribution >= 0.6 is 15.9 Å². The molecule has 1 amide bonds. The Kier molecular flexibility index (Phi) is 4.79. The molecular formula is C24H22BrNO4. The highest BCUT2D eigenvalue weighted by Crippen LogP contribution is 2.53. The molecule has 0 radical (unpaired) electrons. The van der Waals surface area contributed by atoms with Crippen molar-refractivity contribution < 1.29 is 19.1 Å². The number of amides is 1. The molecular weight excluding hydrogens is 446 g/mol. The highest BCUT2D eigenvalue weighted by Gasteiger charge is 2.67. The predicted octanol–water partition coefficient (Wildman–Crippen LogP) is 4.04. The number of rotatable bonds is 5. The molecule has 154 valence electrons. The average Bonchev–Trinajstić information content (AvgIpc) is 3.41. The topological polar surface area (TPSA) is 55.8 Å². The van der Waals surface area contributed by atoms with Gasteiger partial charge in [-0.25, -0.2) is 0 Å². The normalized spacial score (nSPS) is 29.9. The van der Waals surface area contributed by atoms with Gasteiger partial charge in [0.2, 0.25) is 5.91 Å². The van der Waals surface area contributed by atoms with E-state index in [1.54, 1.807) is 0 Å². The number of nitrogens with zero attached hydrogens (tertiary/aromatic N) is 1. The third kappa shape index (κ3) is 3.10. The van der Waals surface area contributed by atoms with Gasteiger partial charge in [-0.2, -0.15) is 0 Å². The lowest BCUT2D eigenvalue weighted by molar-refractivity contribution is -0.155. The van der Waals surface area contributed by atoms with Crippen molar-refractivity contribution in [3.63, 3.8) is 0 Å². The van der Waals surface area contributed by atoms with E-state index in [4.69, 9.17) is 9.47 Å². The summed E-state index contributed by atoms with van der Waals surface area (Å²) in [5.74, 6) is -1.55. The maximum absolute atomic E-state index is 13.4. The molecule has 5 atom stereocenters. The number of likely N-dealkylation sites (tertiary alicyclic amines) is 1. The third-order valence-corrected chi connectivity index (χ3v) is 6.97. The van der Waals surface area contributed by atoms with Crippen LogP contribution in [0.4, 0.5) is 0 Å². The zero-order chi connectivity index (χ0) is 20.9. The number of hydrogen-bond acceptors (Lipinski definition) is 4. The molecule has 2 aromatic rings. The summed E-state index contributed by atoms with van der Waals surface area (Å²) in [6, 6.07) is 17.4. The molecule has 3 aliphatic rings. The number of carbonyl (C=O) groups excluding carboxylic acids is 2. The van der Waals surface area contributed by atoms with Crippen LogP contribution in [0.15, 0.2) is 71.2 Å². The van der Waals surface area contributed by atoms with E-state index in [1.807, 2.05) is 78.6 Å². The summed E-state index contributed by atoms with van der Waals surface area (Å²) in [7, 11) is 0. The second-order valence-electron chi connectivity index (χ2n) is 8.19. The van der Waals surface area contributed by atoms with E-state index < -0.39 is 23.5 Å². The monoisotopic (exact) mass is 467 g/mol. The van der Waals surface area contributed by atoms with Crippen LogP contribution in [0.3, 0.4) is 0 Å². The molecule has 5 nitrogen and oxygen atoms in total. The van der Waals surface area contributed by atoms with Gasteiger partial charge in [0.05, 0.1) is 24.6 Å².